The van der Waals surface area contributed by atoms with Crippen LogP contribution in [0.4, 0.5) is 0 Å². The van der Waals surface area contributed by atoms with Crippen LogP contribution >= 0.6 is 0 Å². The van der Waals surface area contributed by atoms with Gasteiger partial charge in [-0.3, -0.25) is 4.79 Å². The molecule has 0 aliphatic heterocycles. The van der Waals surface area contributed by atoms with E-state index in [4.69, 9.17) is 9.15 Å². The summed E-state index contributed by atoms with van der Waals surface area (Å²) in [6, 6.07) is 13.1. The fourth-order valence-corrected chi connectivity index (χ4v) is 1.98. The summed E-state index contributed by atoms with van der Waals surface area (Å²) in [4.78, 5) is 11.1. The van der Waals surface area contributed by atoms with Crippen molar-refractivity contribution in [1.29, 1.82) is 0 Å². The Kier molecular flexibility index (Phi) is 2.11. The molecule has 0 N–H and O–H groups in total. The molecule has 3 aromatic rings. The predicted molar refractivity (Wildman–Crippen MR) is 65.0 cm³/mol. The Bertz CT molecular complexity index is 710. The summed E-state index contributed by atoms with van der Waals surface area (Å²) < 4.78 is 10.9. The molecule has 3 rings (SSSR count). The van der Waals surface area contributed by atoms with Gasteiger partial charge in [-0.2, -0.15) is 0 Å². The van der Waals surface area contributed by atoms with Gasteiger partial charge < -0.3 is 9.15 Å². The molecule has 1 heterocycles. The fraction of sp³-hybridized carbons (Fsp3) is 0.0714. The molecule has 0 saturated heterocycles. The van der Waals surface area contributed by atoms with Crippen LogP contribution < -0.4 is 4.74 Å². The summed E-state index contributed by atoms with van der Waals surface area (Å²) in [5.41, 5.74) is 1.52. The van der Waals surface area contributed by atoms with E-state index in [2.05, 4.69) is 0 Å². The molecule has 3 nitrogen and oxygen atoms in total. The van der Waals surface area contributed by atoms with E-state index in [1.807, 2.05) is 36.4 Å². The summed E-state index contributed by atoms with van der Waals surface area (Å²) in [6.45, 7) is 1.39. The van der Waals surface area contributed by atoms with Crippen molar-refractivity contribution in [2.45, 2.75) is 6.92 Å². The largest absolute Gasteiger partial charge is 0.456 e. The summed E-state index contributed by atoms with van der Waals surface area (Å²) >= 11 is 0. The highest BCUT2D eigenvalue weighted by Gasteiger charge is 2.12. The normalized spacial score (nSPS) is 10.9. The Hall–Kier alpha value is -2.29. The Labute approximate surface area is 97.6 Å². The van der Waals surface area contributed by atoms with Gasteiger partial charge in [-0.1, -0.05) is 24.3 Å². The number of fused-ring (bicyclic) bond motifs is 3. The third-order valence-electron chi connectivity index (χ3n) is 2.62. The smallest absolute Gasteiger partial charge is 0.308 e. The third-order valence-corrected chi connectivity index (χ3v) is 2.62. The van der Waals surface area contributed by atoms with E-state index in [1.54, 1.807) is 6.07 Å². The molecule has 84 valence electrons. The number of para-hydroxylation sites is 1. The zero-order chi connectivity index (χ0) is 11.8. The van der Waals surface area contributed by atoms with Crippen molar-refractivity contribution in [1.82, 2.24) is 0 Å². The molecule has 0 fully saturated rings. The molecule has 2 aromatic carbocycles. The van der Waals surface area contributed by atoms with Crippen LogP contribution in [0.3, 0.4) is 0 Å². The number of benzene rings is 2. The summed E-state index contributed by atoms with van der Waals surface area (Å²) in [6.07, 6.45) is 0. The van der Waals surface area contributed by atoms with Crippen molar-refractivity contribution in [3.8, 4) is 5.75 Å². The van der Waals surface area contributed by atoms with Gasteiger partial charge in [0.15, 0.2) is 0 Å². The first-order valence-corrected chi connectivity index (χ1v) is 5.34. The van der Waals surface area contributed by atoms with E-state index in [1.165, 1.54) is 6.92 Å². The van der Waals surface area contributed by atoms with Crippen LogP contribution in [-0.2, 0) is 4.79 Å². The monoisotopic (exact) mass is 226 g/mol. The first-order valence-electron chi connectivity index (χ1n) is 5.34. The lowest BCUT2D eigenvalue weighted by Crippen LogP contribution is -2.01. The van der Waals surface area contributed by atoms with Crippen LogP contribution in [0.2, 0.25) is 0 Å². The van der Waals surface area contributed by atoms with Gasteiger partial charge in [0.25, 0.3) is 0 Å². The minimum absolute atomic E-state index is 0.331. The molecule has 3 heteroatoms. The molecule has 17 heavy (non-hydrogen) atoms. The zero-order valence-electron chi connectivity index (χ0n) is 9.27. The summed E-state index contributed by atoms with van der Waals surface area (Å²) in [5, 5.41) is 1.80. The predicted octanol–water partition coefficient (Wildman–Crippen LogP) is 3.51. The van der Waals surface area contributed by atoms with Crippen molar-refractivity contribution in [2.75, 3.05) is 0 Å². The fourth-order valence-electron chi connectivity index (χ4n) is 1.98. The van der Waals surface area contributed by atoms with Gasteiger partial charge in [0.05, 0.1) is 5.39 Å². The Morgan fingerprint density at radius 1 is 1.06 bits per heavy atom. The van der Waals surface area contributed by atoms with Crippen LogP contribution in [0, 0.1) is 0 Å². The minimum Gasteiger partial charge on any atom is -0.456 e. The van der Waals surface area contributed by atoms with Crippen molar-refractivity contribution in [3.05, 3.63) is 42.5 Å². The first kappa shape index (κ1) is 9.90. The van der Waals surface area contributed by atoms with E-state index in [9.17, 15) is 4.79 Å². The number of furan rings is 1. The Morgan fingerprint density at radius 2 is 1.82 bits per heavy atom. The second-order valence-electron chi connectivity index (χ2n) is 3.82. The zero-order valence-corrected chi connectivity index (χ0v) is 9.27. The SMILES string of the molecule is CC(=O)Oc1cccc2oc3ccccc3c12. The van der Waals surface area contributed by atoms with E-state index < -0.39 is 0 Å². The lowest BCUT2D eigenvalue weighted by molar-refractivity contribution is -0.131. The van der Waals surface area contributed by atoms with E-state index in [0.29, 0.717) is 5.75 Å². The maximum Gasteiger partial charge on any atom is 0.308 e. The van der Waals surface area contributed by atoms with Crippen molar-refractivity contribution >= 4 is 27.9 Å². The summed E-state index contributed by atoms with van der Waals surface area (Å²) in [7, 11) is 0. The van der Waals surface area contributed by atoms with Gasteiger partial charge >= 0.3 is 5.97 Å². The summed E-state index contributed by atoms with van der Waals surface area (Å²) in [5.74, 6) is 0.211. The second-order valence-corrected chi connectivity index (χ2v) is 3.82. The van der Waals surface area contributed by atoms with Gasteiger partial charge in [-0.15, -0.1) is 0 Å². The number of carbonyl (C=O) groups excluding carboxylic acids is 1. The van der Waals surface area contributed by atoms with Crippen molar-refractivity contribution < 1.29 is 13.9 Å². The molecule has 0 amide bonds. The molecular weight excluding hydrogens is 216 g/mol. The molecule has 0 atom stereocenters. The van der Waals surface area contributed by atoms with Crippen LogP contribution in [0.15, 0.2) is 46.9 Å². The highest BCUT2D eigenvalue weighted by Crippen LogP contribution is 2.35. The number of rotatable bonds is 1. The average Bonchev–Trinajstić information content (AvgIpc) is 2.67. The van der Waals surface area contributed by atoms with Gasteiger partial charge in [0.1, 0.15) is 16.9 Å². The number of hydrogen-bond acceptors (Lipinski definition) is 3. The molecule has 0 aliphatic carbocycles. The van der Waals surface area contributed by atoms with E-state index in [0.717, 1.165) is 21.9 Å². The first-order chi connectivity index (χ1) is 8.25. The Morgan fingerprint density at radius 3 is 2.65 bits per heavy atom. The second kappa shape index (κ2) is 3.63. The van der Waals surface area contributed by atoms with Crippen molar-refractivity contribution in [3.63, 3.8) is 0 Å². The third kappa shape index (κ3) is 1.56. The molecule has 0 radical (unpaired) electrons. The maximum absolute atomic E-state index is 11.1. The minimum atomic E-state index is -0.331. The molecule has 0 saturated carbocycles. The standard InChI is InChI=1S/C14H10O3/c1-9(15)16-12-7-4-8-13-14(12)10-5-2-3-6-11(10)17-13/h2-8H,1H3. The number of ether oxygens (including phenoxy) is 1. The average molecular weight is 226 g/mol. The van der Waals surface area contributed by atoms with Gasteiger partial charge in [-0.25, -0.2) is 0 Å². The van der Waals surface area contributed by atoms with E-state index >= 15 is 0 Å². The molecule has 0 bridgehead atoms. The quantitative estimate of drug-likeness (QED) is 0.471. The molecule has 0 aliphatic rings. The van der Waals surface area contributed by atoms with Gasteiger partial charge in [0.2, 0.25) is 0 Å². The number of esters is 1. The highest BCUT2D eigenvalue weighted by molar-refractivity contribution is 6.08. The lowest BCUT2D eigenvalue weighted by atomic mass is 10.1. The molecule has 1 aromatic heterocycles. The molecule has 0 spiro atoms. The highest BCUT2D eigenvalue weighted by atomic mass is 16.5. The topological polar surface area (TPSA) is 39.4 Å². The van der Waals surface area contributed by atoms with Gasteiger partial charge in [0, 0.05) is 12.3 Å². The van der Waals surface area contributed by atoms with E-state index in [-0.39, 0.29) is 5.97 Å². The maximum atomic E-state index is 11.1. The number of carbonyl (C=O) groups is 1. The lowest BCUT2D eigenvalue weighted by Gasteiger charge is -2.01. The van der Waals surface area contributed by atoms with Gasteiger partial charge in [-0.05, 0) is 18.2 Å². The Balaban J connectivity index is 2.39. The van der Waals surface area contributed by atoms with Crippen LogP contribution in [0.1, 0.15) is 6.92 Å². The van der Waals surface area contributed by atoms with Crippen molar-refractivity contribution in [2.24, 2.45) is 0 Å². The molecular formula is C14H10O3. The van der Waals surface area contributed by atoms with Crippen LogP contribution in [0.25, 0.3) is 21.9 Å². The van der Waals surface area contributed by atoms with Crippen LogP contribution in [-0.4, -0.2) is 5.97 Å². The number of hydrogen-bond donors (Lipinski definition) is 0. The van der Waals surface area contributed by atoms with Crippen LogP contribution in [0.5, 0.6) is 5.75 Å². The molecule has 0 unspecified atom stereocenters.